The van der Waals surface area contributed by atoms with Crippen LogP contribution in [0, 0.1) is 0 Å². The second-order valence-corrected chi connectivity index (χ2v) is 5.00. The third-order valence-corrected chi connectivity index (χ3v) is 3.21. The Morgan fingerprint density at radius 1 is 0.706 bits per heavy atom. The van der Waals surface area contributed by atoms with E-state index in [1.165, 1.54) is 64.3 Å². The molecule has 0 saturated heterocycles. The second-order valence-electron chi connectivity index (χ2n) is 4.62. The van der Waals surface area contributed by atoms with Crippen LogP contribution in [0.3, 0.4) is 0 Å². The number of halogens is 2. The monoisotopic (exact) mass is 283 g/mol. The number of hydrogen-bond donors (Lipinski definition) is 1. The van der Waals surface area contributed by atoms with Gasteiger partial charge in [0.15, 0.2) is 0 Å². The molecule has 3 heteroatoms. The van der Waals surface area contributed by atoms with Gasteiger partial charge in [-0.3, -0.25) is 0 Å². The molecular formula is C14H31Cl2N. The highest BCUT2D eigenvalue weighted by molar-refractivity contribution is 6.17. The average molecular weight is 284 g/mol. The molecule has 0 radical (unpaired) electrons. The van der Waals surface area contributed by atoms with E-state index in [1.807, 2.05) is 0 Å². The van der Waals surface area contributed by atoms with E-state index in [2.05, 4.69) is 12.2 Å². The Kier molecular flexibility index (Phi) is 22.1. The Labute approximate surface area is 119 Å². The summed E-state index contributed by atoms with van der Waals surface area (Å²) in [6.07, 6.45) is 13.6. The van der Waals surface area contributed by atoms with Crippen LogP contribution in [-0.2, 0) is 0 Å². The van der Waals surface area contributed by atoms with Crippen molar-refractivity contribution < 1.29 is 0 Å². The molecule has 0 amide bonds. The van der Waals surface area contributed by atoms with Crippen LogP contribution in [0.4, 0.5) is 0 Å². The molecule has 0 atom stereocenters. The van der Waals surface area contributed by atoms with Gasteiger partial charge in [-0.05, 0) is 32.4 Å². The van der Waals surface area contributed by atoms with E-state index in [0.29, 0.717) is 0 Å². The lowest BCUT2D eigenvalue weighted by Gasteiger charge is -2.04. The van der Waals surface area contributed by atoms with E-state index >= 15 is 0 Å². The first kappa shape index (κ1) is 19.9. The second kappa shape index (κ2) is 18.9. The molecule has 17 heavy (non-hydrogen) atoms. The maximum atomic E-state index is 5.61. The summed E-state index contributed by atoms with van der Waals surface area (Å²) in [5.41, 5.74) is 0. The van der Waals surface area contributed by atoms with Gasteiger partial charge in [0.05, 0.1) is 0 Å². The number of alkyl halides is 1. The molecular weight excluding hydrogens is 253 g/mol. The third kappa shape index (κ3) is 19.1. The van der Waals surface area contributed by atoms with Crippen LogP contribution < -0.4 is 5.32 Å². The van der Waals surface area contributed by atoms with Crippen molar-refractivity contribution in [1.82, 2.24) is 5.32 Å². The summed E-state index contributed by atoms with van der Waals surface area (Å²) in [6.45, 7) is 4.61. The van der Waals surface area contributed by atoms with Crippen molar-refractivity contribution in [2.24, 2.45) is 0 Å². The molecule has 0 saturated carbocycles. The molecule has 0 bridgehead atoms. The van der Waals surface area contributed by atoms with Gasteiger partial charge in [-0.25, -0.2) is 0 Å². The van der Waals surface area contributed by atoms with Crippen molar-refractivity contribution in [2.75, 3.05) is 19.0 Å². The first-order chi connectivity index (χ1) is 7.91. The molecule has 0 spiro atoms. The fraction of sp³-hybridized carbons (Fsp3) is 1.00. The molecule has 0 aliphatic carbocycles. The van der Waals surface area contributed by atoms with E-state index in [9.17, 15) is 0 Å². The molecule has 1 N–H and O–H groups in total. The van der Waals surface area contributed by atoms with E-state index in [4.69, 9.17) is 11.6 Å². The van der Waals surface area contributed by atoms with Gasteiger partial charge >= 0.3 is 0 Å². The lowest BCUT2D eigenvalue weighted by molar-refractivity contribution is 0.550. The van der Waals surface area contributed by atoms with Gasteiger partial charge in [-0.2, -0.15) is 0 Å². The summed E-state index contributed by atoms with van der Waals surface area (Å²) in [5.74, 6) is 0.805. The van der Waals surface area contributed by atoms with E-state index in [1.54, 1.807) is 0 Å². The number of nitrogens with one attached hydrogen (secondary N) is 1. The lowest BCUT2D eigenvalue weighted by atomic mass is 10.1. The van der Waals surface area contributed by atoms with Gasteiger partial charge in [0.25, 0.3) is 0 Å². The van der Waals surface area contributed by atoms with Crippen LogP contribution in [0.2, 0.25) is 0 Å². The third-order valence-electron chi connectivity index (χ3n) is 2.94. The predicted molar refractivity (Wildman–Crippen MR) is 82.7 cm³/mol. The summed E-state index contributed by atoms with van der Waals surface area (Å²) in [4.78, 5) is 0. The zero-order valence-electron chi connectivity index (χ0n) is 11.5. The summed E-state index contributed by atoms with van der Waals surface area (Å²) >= 11 is 5.61. The first-order valence-corrected chi connectivity index (χ1v) is 7.72. The standard InChI is InChI=1S/C14H30ClN.ClH/c1-2-3-4-5-6-7-8-10-13-16-14-11-9-12-15;/h16H,2-14H2,1H3;1H. The molecule has 0 aliphatic heterocycles. The smallest absolute Gasteiger partial charge is 0.0223 e. The SMILES string of the molecule is CCCCCCCCCCNCCCCCl.Cl. The van der Waals surface area contributed by atoms with Crippen molar-refractivity contribution in [3.63, 3.8) is 0 Å². The minimum absolute atomic E-state index is 0. The Morgan fingerprint density at radius 3 is 1.71 bits per heavy atom. The van der Waals surface area contributed by atoms with Crippen LogP contribution >= 0.6 is 24.0 Å². The fourth-order valence-electron chi connectivity index (χ4n) is 1.85. The van der Waals surface area contributed by atoms with Crippen LogP contribution in [0.25, 0.3) is 0 Å². The Morgan fingerprint density at radius 2 is 1.18 bits per heavy atom. The van der Waals surface area contributed by atoms with Crippen molar-refractivity contribution in [3.8, 4) is 0 Å². The highest BCUT2D eigenvalue weighted by atomic mass is 35.5. The molecule has 0 unspecified atom stereocenters. The van der Waals surface area contributed by atoms with Gasteiger partial charge in [0.1, 0.15) is 0 Å². The number of hydrogen-bond acceptors (Lipinski definition) is 1. The molecule has 0 heterocycles. The van der Waals surface area contributed by atoms with E-state index in [0.717, 1.165) is 18.8 Å². The summed E-state index contributed by atoms with van der Waals surface area (Å²) in [5, 5.41) is 3.47. The summed E-state index contributed by atoms with van der Waals surface area (Å²) in [7, 11) is 0. The number of rotatable bonds is 13. The minimum Gasteiger partial charge on any atom is -0.317 e. The Bertz CT molecular complexity index is 107. The zero-order valence-corrected chi connectivity index (χ0v) is 13.1. The average Bonchev–Trinajstić information content (AvgIpc) is 2.31. The van der Waals surface area contributed by atoms with Gasteiger partial charge < -0.3 is 5.32 Å². The van der Waals surface area contributed by atoms with Crippen molar-refractivity contribution >= 4 is 24.0 Å². The largest absolute Gasteiger partial charge is 0.317 e. The summed E-state index contributed by atoms with van der Waals surface area (Å²) < 4.78 is 0. The molecule has 106 valence electrons. The highest BCUT2D eigenvalue weighted by Crippen LogP contribution is 2.07. The topological polar surface area (TPSA) is 12.0 Å². The van der Waals surface area contributed by atoms with Crippen LogP contribution in [0.1, 0.15) is 71.1 Å². The van der Waals surface area contributed by atoms with Gasteiger partial charge in [-0.15, -0.1) is 24.0 Å². The van der Waals surface area contributed by atoms with Crippen LogP contribution in [0.15, 0.2) is 0 Å². The van der Waals surface area contributed by atoms with Crippen LogP contribution in [0.5, 0.6) is 0 Å². The Hall–Kier alpha value is 0.540. The zero-order chi connectivity index (χ0) is 11.9. The maximum Gasteiger partial charge on any atom is 0.0223 e. The quantitative estimate of drug-likeness (QED) is 0.364. The van der Waals surface area contributed by atoms with E-state index in [-0.39, 0.29) is 12.4 Å². The fourth-order valence-corrected chi connectivity index (χ4v) is 2.04. The lowest BCUT2D eigenvalue weighted by Crippen LogP contribution is -2.16. The molecule has 0 aliphatic rings. The Balaban J connectivity index is 0. The van der Waals surface area contributed by atoms with Crippen molar-refractivity contribution in [3.05, 3.63) is 0 Å². The molecule has 0 fully saturated rings. The first-order valence-electron chi connectivity index (χ1n) is 7.18. The predicted octanol–water partition coefficient (Wildman–Crippen LogP) is 5.16. The summed E-state index contributed by atoms with van der Waals surface area (Å²) in [6, 6.07) is 0. The molecule has 1 nitrogen and oxygen atoms in total. The van der Waals surface area contributed by atoms with Crippen molar-refractivity contribution in [2.45, 2.75) is 71.1 Å². The minimum atomic E-state index is 0. The normalized spacial score (nSPS) is 10.2. The van der Waals surface area contributed by atoms with Gasteiger partial charge in [-0.1, -0.05) is 51.9 Å². The van der Waals surface area contributed by atoms with Gasteiger partial charge in [0.2, 0.25) is 0 Å². The van der Waals surface area contributed by atoms with E-state index < -0.39 is 0 Å². The molecule has 0 aromatic carbocycles. The molecule has 0 aromatic rings. The maximum absolute atomic E-state index is 5.61. The number of unbranched alkanes of at least 4 members (excludes halogenated alkanes) is 8. The molecule has 0 aromatic heterocycles. The van der Waals surface area contributed by atoms with Crippen molar-refractivity contribution in [1.29, 1.82) is 0 Å². The van der Waals surface area contributed by atoms with Crippen LogP contribution in [-0.4, -0.2) is 19.0 Å². The highest BCUT2D eigenvalue weighted by Gasteiger charge is 1.92. The van der Waals surface area contributed by atoms with Gasteiger partial charge in [0, 0.05) is 5.88 Å². The molecule has 0 rings (SSSR count).